The second kappa shape index (κ2) is 17.3. The molecule has 6 rings (SSSR count). The van der Waals surface area contributed by atoms with Crippen LogP contribution in [-0.2, 0) is 38.3 Å². The normalized spacial score (nSPS) is 15.4. The van der Waals surface area contributed by atoms with E-state index in [-0.39, 0.29) is 30.3 Å². The number of aromatic nitrogens is 5. The van der Waals surface area contributed by atoms with Gasteiger partial charge in [0.15, 0.2) is 5.65 Å². The summed E-state index contributed by atoms with van der Waals surface area (Å²) in [7, 11) is 2.54. The van der Waals surface area contributed by atoms with Crippen LogP contribution in [0.3, 0.4) is 0 Å². The van der Waals surface area contributed by atoms with Crippen molar-refractivity contribution in [1.29, 1.82) is 0 Å². The van der Waals surface area contributed by atoms with Crippen LogP contribution in [0.1, 0.15) is 86.2 Å². The smallest absolute Gasteiger partial charge is 0.407 e. The number of benzene rings is 1. The lowest BCUT2D eigenvalue weighted by Gasteiger charge is -2.29. The van der Waals surface area contributed by atoms with Gasteiger partial charge in [-0.2, -0.15) is 0 Å². The molecule has 4 aromatic rings. The molecule has 2 aliphatic rings. The quantitative estimate of drug-likeness (QED) is 0.111. The largest absolute Gasteiger partial charge is 0.453 e. The van der Waals surface area contributed by atoms with Crippen LogP contribution in [0.2, 0.25) is 0 Å². The number of imidazole rings is 2. The van der Waals surface area contributed by atoms with Crippen molar-refractivity contribution in [2.45, 2.75) is 77.3 Å². The monoisotopic (exact) mass is 737 g/mol. The molecular formula is C39H47N9O6. The van der Waals surface area contributed by atoms with E-state index in [9.17, 15) is 19.2 Å². The van der Waals surface area contributed by atoms with Crippen LogP contribution < -0.4 is 16.0 Å². The molecule has 4 heterocycles. The number of alkyl carbamates (subject to hydrolysis) is 2. The Bertz CT molecular complexity index is 2080. The predicted molar refractivity (Wildman–Crippen MR) is 200 cm³/mol. The summed E-state index contributed by atoms with van der Waals surface area (Å²) in [5.41, 5.74) is 7.23. The van der Waals surface area contributed by atoms with Crippen molar-refractivity contribution in [2.24, 2.45) is 5.92 Å². The molecular weight excluding hydrogens is 690 g/mol. The number of ether oxygens (including phenoxy) is 2. The Morgan fingerprint density at radius 2 is 1.78 bits per heavy atom. The molecule has 0 spiro atoms. The van der Waals surface area contributed by atoms with Gasteiger partial charge in [-0.15, -0.1) is 0 Å². The van der Waals surface area contributed by atoms with Crippen LogP contribution in [0.15, 0.2) is 30.3 Å². The zero-order valence-corrected chi connectivity index (χ0v) is 31.1. The molecule has 1 aromatic carbocycles. The lowest BCUT2D eigenvalue weighted by molar-refractivity contribution is -0.135. The van der Waals surface area contributed by atoms with Gasteiger partial charge in [0.1, 0.15) is 23.4 Å². The van der Waals surface area contributed by atoms with Crippen molar-refractivity contribution in [3.05, 3.63) is 64.5 Å². The van der Waals surface area contributed by atoms with Crippen LogP contribution in [0, 0.1) is 17.8 Å². The van der Waals surface area contributed by atoms with E-state index in [4.69, 9.17) is 19.7 Å². The van der Waals surface area contributed by atoms with Gasteiger partial charge in [0.2, 0.25) is 11.8 Å². The average molecular weight is 738 g/mol. The van der Waals surface area contributed by atoms with Crippen LogP contribution in [0.5, 0.6) is 0 Å². The Morgan fingerprint density at radius 3 is 2.57 bits per heavy atom. The molecule has 54 heavy (non-hydrogen) atoms. The van der Waals surface area contributed by atoms with Crippen LogP contribution >= 0.6 is 0 Å². The fourth-order valence-corrected chi connectivity index (χ4v) is 6.95. The maximum atomic E-state index is 13.5. The number of rotatable bonds is 11. The second-order valence-electron chi connectivity index (χ2n) is 13.9. The van der Waals surface area contributed by atoms with Crippen LogP contribution in [0.25, 0.3) is 22.4 Å². The number of hydrogen-bond donors (Lipinski definition) is 5. The Kier molecular flexibility index (Phi) is 12.1. The number of unbranched alkanes of at least 4 members (excludes halogenated alkanes) is 1. The second-order valence-corrected chi connectivity index (χ2v) is 13.9. The predicted octanol–water partition coefficient (Wildman–Crippen LogP) is 4.08. The summed E-state index contributed by atoms with van der Waals surface area (Å²) in [4.78, 5) is 71.6. The van der Waals surface area contributed by atoms with Gasteiger partial charge in [-0.3, -0.25) is 9.59 Å². The lowest BCUT2D eigenvalue weighted by Crippen LogP contribution is -2.51. The van der Waals surface area contributed by atoms with Crippen molar-refractivity contribution in [1.82, 2.24) is 45.8 Å². The fraction of sp³-hybridized carbons (Fsp3) is 0.462. The number of carbonyl (C=O) groups is 4. The van der Waals surface area contributed by atoms with Crippen molar-refractivity contribution < 1.29 is 28.7 Å². The molecule has 4 amide bonds. The van der Waals surface area contributed by atoms with Crippen LogP contribution in [-0.4, -0.2) is 93.7 Å². The number of amides is 4. The van der Waals surface area contributed by atoms with E-state index in [1.807, 2.05) is 32.0 Å². The van der Waals surface area contributed by atoms with Gasteiger partial charge in [-0.05, 0) is 86.6 Å². The van der Waals surface area contributed by atoms with Gasteiger partial charge in [0, 0.05) is 36.3 Å². The number of fused-ring (bicyclic) bond motifs is 4. The number of likely N-dealkylation sites (tertiary alicyclic amines) is 1. The summed E-state index contributed by atoms with van der Waals surface area (Å²) >= 11 is 0. The van der Waals surface area contributed by atoms with E-state index < -0.39 is 18.2 Å². The van der Waals surface area contributed by atoms with Crippen molar-refractivity contribution >= 4 is 35.2 Å². The fourth-order valence-electron chi connectivity index (χ4n) is 6.95. The molecule has 0 saturated carbocycles. The highest BCUT2D eigenvalue weighted by Crippen LogP contribution is 2.33. The van der Waals surface area contributed by atoms with Crippen LogP contribution in [0.4, 0.5) is 9.59 Å². The number of carbonyl (C=O) groups excluding carboxylic acids is 4. The molecule has 2 unspecified atom stereocenters. The third-order valence-electron chi connectivity index (χ3n) is 9.74. The summed E-state index contributed by atoms with van der Waals surface area (Å²) in [6.07, 6.45) is 5.54. The molecule has 5 N–H and O–H groups in total. The first kappa shape index (κ1) is 37.8. The minimum Gasteiger partial charge on any atom is -0.453 e. The topological polar surface area (TPSA) is 196 Å². The van der Waals surface area contributed by atoms with E-state index in [0.29, 0.717) is 30.3 Å². The number of H-pyrrole nitrogens is 2. The van der Waals surface area contributed by atoms with Crippen molar-refractivity contribution in [2.75, 3.05) is 33.9 Å². The standard InChI is InChI=1S/C39H47N9O6/c1-23(2)33(46-39(52)54-4)37(50)48-20-8-11-30(48)36-44-29-18-16-26(42-35(29)47-36)15-13-24-14-17-27-25(21-24)9-7-10-28-34(27)45-31(43-28)12-5-6-19-40-32(49)22-41-38(51)53-3/h14,16-18,21,23,30,33H,5-12,19-20,22H2,1-4H3,(H,40,49)(H,41,51)(H,43,45)(H,46,52)(H,42,44,47). The number of nitrogens with one attached hydrogen (secondary N) is 5. The molecule has 1 aliphatic heterocycles. The SMILES string of the molecule is COC(=O)NCC(=O)NCCCCc1nc2c([nH]1)CCCc1cc(C#Cc3ccc4[nH]c(C5CCCN5C(=O)C(NC(=O)OC)C(C)C)nc4n3)ccc1-2. The molecule has 2 atom stereocenters. The summed E-state index contributed by atoms with van der Waals surface area (Å²) in [5.74, 6) is 7.55. The Hall–Kier alpha value is -5.91. The third-order valence-corrected chi connectivity index (χ3v) is 9.74. The van der Waals surface area contributed by atoms with Gasteiger partial charge in [0.25, 0.3) is 0 Å². The number of pyridine rings is 1. The van der Waals surface area contributed by atoms with Gasteiger partial charge in [-0.1, -0.05) is 25.8 Å². The first-order chi connectivity index (χ1) is 26.1. The Morgan fingerprint density at radius 1 is 0.944 bits per heavy atom. The molecule has 284 valence electrons. The van der Waals surface area contributed by atoms with Gasteiger partial charge < -0.3 is 40.3 Å². The molecule has 15 nitrogen and oxygen atoms in total. The molecule has 1 fully saturated rings. The maximum absolute atomic E-state index is 13.5. The molecule has 3 aromatic heterocycles. The summed E-state index contributed by atoms with van der Waals surface area (Å²) in [6, 6.07) is 9.07. The average Bonchev–Trinajstić information content (AvgIpc) is 3.91. The molecule has 1 saturated heterocycles. The van der Waals surface area contributed by atoms with Crippen molar-refractivity contribution in [3.8, 4) is 23.1 Å². The molecule has 15 heteroatoms. The minimum absolute atomic E-state index is 0.117. The van der Waals surface area contributed by atoms with E-state index in [0.717, 1.165) is 85.2 Å². The molecule has 1 aliphatic carbocycles. The molecule has 0 radical (unpaired) electrons. The first-order valence-electron chi connectivity index (χ1n) is 18.5. The lowest BCUT2D eigenvalue weighted by atomic mass is 10.00. The van der Waals surface area contributed by atoms with E-state index in [1.54, 1.807) is 4.90 Å². The highest BCUT2D eigenvalue weighted by atomic mass is 16.5. The highest BCUT2D eigenvalue weighted by Gasteiger charge is 2.37. The number of hydrogen-bond acceptors (Lipinski definition) is 9. The first-order valence-corrected chi connectivity index (χ1v) is 18.5. The highest BCUT2D eigenvalue weighted by molar-refractivity contribution is 5.86. The van der Waals surface area contributed by atoms with Gasteiger partial charge in [-0.25, -0.2) is 24.5 Å². The number of aromatic amines is 2. The van der Waals surface area contributed by atoms with Gasteiger partial charge in [0.05, 0.1) is 38.0 Å². The molecule has 0 bridgehead atoms. The van der Waals surface area contributed by atoms with Crippen molar-refractivity contribution in [3.63, 3.8) is 0 Å². The number of methoxy groups -OCH3 is 2. The number of nitrogens with zero attached hydrogens (tertiary/aromatic N) is 4. The van der Waals surface area contributed by atoms with E-state index >= 15 is 0 Å². The summed E-state index contributed by atoms with van der Waals surface area (Å²) in [5, 5.41) is 7.85. The zero-order valence-electron chi connectivity index (χ0n) is 31.1. The third kappa shape index (κ3) is 8.99. The zero-order chi connectivity index (χ0) is 38.2. The number of aryl methyl sites for hydroxylation is 3. The Labute approximate surface area is 313 Å². The maximum Gasteiger partial charge on any atom is 0.407 e. The summed E-state index contributed by atoms with van der Waals surface area (Å²) in [6.45, 7) is 4.75. The summed E-state index contributed by atoms with van der Waals surface area (Å²) < 4.78 is 9.22. The minimum atomic E-state index is -0.705. The van der Waals surface area contributed by atoms with E-state index in [2.05, 4.69) is 54.6 Å². The Balaban J connectivity index is 1.09. The van der Waals surface area contributed by atoms with Gasteiger partial charge >= 0.3 is 12.2 Å². The van der Waals surface area contributed by atoms with E-state index in [1.165, 1.54) is 19.8 Å².